The van der Waals surface area contributed by atoms with Crippen LogP contribution in [0.5, 0.6) is 0 Å². The molecule has 0 saturated heterocycles. The molecule has 1 aromatic heterocycles. The Morgan fingerprint density at radius 3 is 2.52 bits per heavy atom. The largest absolute Gasteiger partial charge is 0.324 e. The summed E-state index contributed by atoms with van der Waals surface area (Å²) < 4.78 is 40.9. The number of rotatable bonds is 6. The third-order valence-electron chi connectivity index (χ3n) is 3.75. The molecule has 0 fully saturated rings. The predicted molar refractivity (Wildman–Crippen MR) is 92.2 cm³/mol. The highest BCUT2D eigenvalue weighted by molar-refractivity contribution is 7.89. The smallest absolute Gasteiger partial charge is 0.246 e. The number of halogens is 1. The number of aryl methyl sites for hydroxylation is 2. The van der Waals surface area contributed by atoms with Gasteiger partial charge >= 0.3 is 0 Å². The van der Waals surface area contributed by atoms with Crippen molar-refractivity contribution in [3.63, 3.8) is 0 Å². The molecule has 0 aliphatic carbocycles. The first kappa shape index (κ1) is 19.1. The second-order valence-corrected chi connectivity index (χ2v) is 7.88. The van der Waals surface area contributed by atoms with Crippen LogP contribution in [0.1, 0.15) is 17.8 Å². The molecule has 0 atom stereocenters. The Hall–Kier alpha value is -2.26. The molecule has 7 nitrogen and oxygen atoms in total. The Bertz CT molecular complexity index is 891. The van der Waals surface area contributed by atoms with Gasteiger partial charge in [0, 0.05) is 20.5 Å². The fourth-order valence-corrected chi connectivity index (χ4v) is 3.69. The molecule has 0 bridgehead atoms. The Morgan fingerprint density at radius 1 is 1.28 bits per heavy atom. The van der Waals surface area contributed by atoms with Gasteiger partial charge in [-0.15, -0.1) is 0 Å². The lowest BCUT2D eigenvalue weighted by Gasteiger charge is -2.12. The number of nitrogens with one attached hydrogen (secondary N) is 1. The maximum atomic E-state index is 13.5. The van der Waals surface area contributed by atoms with Gasteiger partial charge in [-0.2, -0.15) is 5.10 Å². The maximum Gasteiger partial charge on any atom is 0.246 e. The first-order chi connectivity index (χ1) is 11.6. The number of hydrogen-bond acceptors (Lipinski definition) is 4. The third-order valence-corrected chi connectivity index (χ3v) is 5.82. The minimum Gasteiger partial charge on any atom is -0.324 e. The molecule has 1 aromatic carbocycles. The van der Waals surface area contributed by atoms with E-state index in [4.69, 9.17) is 0 Å². The van der Waals surface area contributed by atoms with Crippen LogP contribution < -0.4 is 5.32 Å². The van der Waals surface area contributed by atoms with E-state index < -0.39 is 15.8 Å². The van der Waals surface area contributed by atoms with Crippen molar-refractivity contribution in [1.29, 1.82) is 0 Å². The van der Waals surface area contributed by atoms with Crippen LogP contribution in [-0.4, -0.2) is 42.5 Å². The number of hydrogen-bond donors (Lipinski definition) is 1. The molecule has 136 valence electrons. The Balaban J connectivity index is 2.12. The molecule has 1 amide bonds. The molecule has 2 aromatic rings. The van der Waals surface area contributed by atoms with E-state index in [0.717, 1.165) is 4.31 Å². The molecular formula is C16H21FN4O3S. The van der Waals surface area contributed by atoms with Crippen molar-refractivity contribution in [1.82, 2.24) is 14.1 Å². The minimum absolute atomic E-state index is 0.0394. The van der Waals surface area contributed by atoms with E-state index in [9.17, 15) is 17.6 Å². The number of para-hydroxylation sites is 1. The number of amides is 1. The molecule has 1 heterocycles. The van der Waals surface area contributed by atoms with E-state index in [2.05, 4.69) is 10.4 Å². The van der Waals surface area contributed by atoms with Gasteiger partial charge in [0.1, 0.15) is 10.7 Å². The van der Waals surface area contributed by atoms with Crippen LogP contribution >= 0.6 is 0 Å². The van der Waals surface area contributed by atoms with Crippen LogP contribution in [0.2, 0.25) is 0 Å². The second-order valence-electron chi connectivity index (χ2n) is 5.79. The molecule has 0 aliphatic heterocycles. The summed E-state index contributed by atoms with van der Waals surface area (Å²) in [6.07, 6.45) is 0.0394. The number of sulfonamides is 1. The van der Waals surface area contributed by atoms with Gasteiger partial charge in [0.05, 0.1) is 23.6 Å². The van der Waals surface area contributed by atoms with Crippen molar-refractivity contribution in [3.05, 3.63) is 41.5 Å². The molecule has 9 heteroatoms. The molecular weight excluding hydrogens is 347 g/mol. The highest BCUT2D eigenvalue weighted by atomic mass is 32.2. The van der Waals surface area contributed by atoms with E-state index in [0.29, 0.717) is 11.4 Å². The number of anilines is 1. The number of carbonyl (C=O) groups excluding carboxylic acids is 1. The summed E-state index contributed by atoms with van der Waals surface area (Å²) in [4.78, 5) is 12.1. The fraction of sp³-hybridized carbons (Fsp3) is 0.375. The van der Waals surface area contributed by atoms with Crippen molar-refractivity contribution in [2.45, 2.75) is 31.7 Å². The zero-order chi connectivity index (χ0) is 18.8. The van der Waals surface area contributed by atoms with Gasteiger partial charge in [0.2, 0.25) is 15.9 Å². The SMILES string of the molecule is Cc1nn(CCC(=O)Nc2ccccc2F)c(C)c1S(=O)(=O)N(C)C. The van der Waals surface area contributed by atoms with Crippen LogP contribution in [0.15, 0.2) is 29.2 Å². The molecule has 0 unspecified atom stereocenters. The Labute approximate surface area is 146 Å². The van der Waals surface area contributed by atoms with Gasteiger partial charge < -0.3 is 5.32 Å². The summed E-state index contributed by atoms with van der Waals surface area (Å²) in [6, 6.07) is 5.89. The highest BCUT2D eigenvalue weighted by Gasteiger charge is 2.26. The van der Waals surface area contributed by atoms with E-state index in [1.54, 1.807) is 19.9 Å². The van der Waals surface area contributed by atoms with Crippen LogP contribution in [-0.2, 0) is 21.4 Å². The van der Waals surface area contributed by atoms with E-state index in [1.807, 2.05) is 0 Å². The van der Waals surface area contributed by atoms with Gasteiger partial charge in [-0.05, 0) is 26.0 Å². The van der Waals surface area contributed by atoms with Crippen molar-refractivity contribution in [2.24, 2.45) is 0 Å². The van der Waals surface area contributed by atoms with E-state index in [-0.39, 0.29) is 29.5 Å². The van der Waals surface area contributed by atoms with Gasteiger partial charge in [-0.25, -0.2) is 17.1 Å². The van der Waals surface area contributed by atoms with Crippen molar-refractivity contribution < 1.29 is 17.6 Å². The molecule has 0 spiro atoms. The average Bonchev–Trinajstić information content (AvgIpc) is 2.82. The fourth-order valence-electron chi connectivity index (χ4n) is 2.44. The summed E-state index contributed by atoms with van der Waals surface area (Å²) in [7, 11) is -0.707. The number of aromatic nitrogens is 2. The molecule has 0 saturated carbocycles. The molecule has 2 rings (SSSR count). The number of carbonyl (C=O) groups is 1. The van der Waals surface area contributed by atoms with Crippen LogP contribution in [0.4, 0.5) is 10.1 Å². The Kier molecular flexibility index (Phi) is 5.58. The van der Waals surface area contributed by atoms with Crippen LogP contribution in [0.25, 0.3) is 0 Å². The normalized spacial score (nSPS) is 11.8. The lowest BCUT2D eigenvalue weighted by atomic mass is 10.3. The van der Waals surface area contributed by atoms with Crippen LogP contribution in [0.3, 0.4) is 0 Å². The molecule has 0 aliphatic rings. The third kappa shape index (κ3) is 4.05. The predicted octanol–water partition coefficient (Wildman–Crippen LogP) is 1.92. The average molecular weight is 368 g/mol. The first-order valence-electron chi connectivity index (χ1n) is 7.65. The van der Waals surface area contributed by atoms with Crippen molar-refractivity contribution >= 4 is 21.6 Å². The van der Waals surface area contributed by atoms with Crippen molar-refractivity contribution in [3.8, 4) is 0 Å². The van der Waals surface area contributed by atoms with E-state index >= 15 is 0 Å². The summed E-state index contributed by atoms with van der Waals surface area (Å²) >= 11 is 0. The monoisotopic (exact) mass is 368 g/mol. The zero-order valence-electron chi connectivity index (χ0n) is 14.6. The van der Waals surface area contributed by atoms with Gasteiger partial charge in [0.15, 0.2) is 0 Å². The van der Waals surface area contributed by atoms with Gasteiger partial charge in [-0.1, -0.05) is 12.1 Å². The van der Waals surface area contributed by atoms with Gasteiger partial charge in [0.25, 0.3) is 0 Å². The summed E-state index contributed by atoms with van der Waals surface area (Å²) in [5, 5.41) is 6.70. The summed E-state index contributed by atoms with van der Waals surface area (Å²) in [6.45, 7) is 3.44. The maximum absolute atomic E-state index is 13.5. The molecule has 1 N–H and O–H groups in total. The summed E-state index contributed by atoms with van der Waals surface area (Å²) in [5.74, 6) is -0.893. The second kappa shape index (κ2) is 7.32. The highest BCUT2D eigenvalue weighted by Crippen LogP contribution is 2.22. The zero-order valence-corrected chi connectivity index (χ0v) is 15.4. The quantitative estimate of drug-likeness (QED) is 0.844. The topological polar surface area (TPSA) is 84.3 Å². The first-order valence-corrected chi connectivity index (χ1v) is 9.09. The molecule has 25 heavy (non-hydrogen) atoms. The van der Waals surface area contributed by atoms with Crippen LogP contribution in [0, 0.1) is 19.7 Å². The lowest BCUT2D eigenvalue weighted by molar-refractivity contribution is -0.116. The number of benzene rings is 1. The van der Waals surface area contributed by atoms with E-state index in [1.165, 1.54) is 37.0 Å². The Morgan fingerprint density at radius 2 is 1.92 bits per heavy atom. The lowest BCUT2D eigenvalue weighted by Crippen LogP contribution is -2.23. The number of nitrogens with zero attached hydrogens (tertiary/aromatic N) is 3. The van der Waals surface area contributed by atoms with Crippen molar-refractivity contribution in [2.75, 3.05) is 19.4 Å². The molecule has 0 radical (unpaired) electrons. The standard InChI is InChI=1S/C16H21FN4O3S/c1-11-16(25(23,24)20(3)4)12(2)21(19-11)10-9-15(22)18-14-8-6-5-7-13(14)17/h5-8H,9-10H2,1-4H3,(H,18,22). The van der Waals surface area contributed by atoms with Gasteiger partial charge in [-0.3, -0.25) is 9.48 Å². The minimum atomic E-state index is -3.61. The summed E-state index contributed by atoms with van der Waals surface area (Å²) in [5.41, 5.74) is 0.947.